The van der Waals surface area contributed by atoms with Gasteiger partial charge in [-0.3, -0.25) is 14.5 Å². The Balaban J connectivity index is 1.60. The van der Waals surface area contributed by atoms with Crippen LogP contribution in [0, 0.1) is 6.92 Å². The zero-order chi connectivity index (χ0) is 22.7. The average molecular weight is 492 g/mol. The van der Waals surface area contributed by atoms with Crippen LogP contribution in [0.5, 0.6) is 0 Å². The Morgan fingerprint density at radius 1 is 1.00 bits per heavy atom. The predicted octanol–water partition coefficient (Wildman–Crippen LogP) is 4.39. The van der Waals surface area contributed by atoms with Gasteiger partial charge in [0, 0.05) is 16.6 Å². The van der Waals surface area contributed by atoms with Crippen LogP contribution in [0.3, 0.4) is 0 Å². The Morgan fingerprint density at radius 2 is 1.66 bits per heavy atom. The number of halogens is 1. The molecule has 0 aliphatic carbocycles. The second-order valence-corrected chi connectivity index (χ2v) is 8.68. The first-order valence-corrected chi connectivity index (χ1v) is 11.0. The lowest BCUT2D eigenvalue weighted by Crippen LogP contribution is -2.46. The molecule has 1 atom stereocenters. The van der Waals surface area contributed by atoms with Gasteiger partial charge in [0.15, 0.2) is 5.54 Å². The quantitative estimate of drug-likeness (QED) is 0.502. The van der Waals surface area contributed by atoms with Gasteiger partial charge in [0.2, 0.25) is 5.91 Å². The molecule has 4 amide bonds. The highest BCUT2D eigenvalue weighted by atomic mass is 79.9. The molecule has 2 N–H and O–H groups in total. The summed E-state index contributed by atoms with van der Waals surface area (Å²) in [6.07, 6.45) is 0.284. The number of aryl methyl sites for hydroxylation is 1. The minimum Gasteiger partial charge on any atom is -0.324 e. The Hall–Kier alpha value is -3.45. The number of urea groups is 1. The normalized spacial score (nSPS) is 17.9. The SMILES string of the molecule is Cc1cc(Br)ccc1NC(=O)CN1C(=O)NC(Cc2ccccc2)(c2ccccc2)C1=O. The van der Waals surface area contributed by atoms with Gasteiger partial charge in [0.25, 0.3) is 5.91 Å². The van der Waals surface area contributed by atoms with Crippen molar-refractivity contribution in [2.24, 2.45) is 0 Å². The molecule has 0 aromatic heterocycles. The summed E-state index contributed by atoms with van der Waals surface area (Å²) in [6, 6.07) is 23.5. The first kappa shape index (κ1) is 21.8. The van der Waals surface area contributed by atoms with Crippen LogP contribution in [-0.2, 0) is 21.5 Å². The number of amides is 4. The maximum absolute atomic E-state index is 13.6. The number of imide groups is 1. The van der Waals surface area contributed by atoms with E-state index in [0.717, 1.165) is 20.5 Å². The molecular formula is C25H22BrN3O3. The van der Waals surface area contributed by atoms with Gasteiger partial charge in [-0.15, -0.1) is 0 Å². The Kier molecular flexibility index (Phi) is 6.10. The monoisotopic (exact) mass is 491 g/mol. The molecule has 162 valence electrons. The van der Waals surface area contributed by atoms with Gasteiger partial charge in [-0.25, -0.2) is 4.79 Å². The number of carbonyl (C=O) groups is 3. The predicted molar refractivity (Wildman–Crippen MR) is 126 cm³/mol. The molecule has 1 aliphatic heterocycles. The summed E-state index contributed by atoms with van der Waals surface area (Å²) < 4.78 is 0.899. The van der Waals surface area contributed by atoms with E-state index in [1.54, 1.807) is 6.07 Å². The molecule has 0 spiro atoms. The summed E-state index contributed by atoms with van der Waals surface area (Å²) in [5.41, 5.74) is 1.81. The molecule has 1 fully saturated rings. The van der Waals surface area contributed by atoms with Crippen molar-refractivity contribution in [2.45, 2.75) is 18.9 Å². The zero-order valence-electron chi connectivity index (χ0n) is 17.5. The summed E-state index contributed by atoms with van der Waals surface area (Å²) in [7, 11) is 0. The highest BCUT2D eigenvalue weighted by molar-refractivity contribution is 9.10. The number of nitrogens with zero attached hydrogens (tertiary/aromatic N) is 1. The molecule has 4 rings (SSSR count). The van der Waals surface area contributed by atoms with E-state index in [4.69, 9.17) is 0 Å². The van der Waals surface area contributed by atoms with E-state index in [1.807, 2.05) is 79.7 Å². The van der Waals surface area contributed by atoms with Crippen LogP contribution >= 0.6 is 15.9 Å². The molecule has 7 heteroatoms. The lowest BCUT2D eigenvalue weighted by atomic mass is 9.83. The van der Waals surface area contributed by atoms with Gasteiger partial charge in [-0.2, -0.15) is 0 Å². The number of hydrogen-bond donors (Lipinski definition) is 2. The first-order valence-electron chi connectivity index (χ1n) is 10.2. The summed E-state index contributed by atoms with van der Waals surface area (Å²) in [5, 5.41) is 5.66. The minimum absolute atomic E-state index is 0.284. The lowest BCUT2D eigenvalue weighted by molar-refractivity contribution is -0.134. The number of anilines is 1. The van der Waals surface area contributed by atoms with Crippen molar-refractivity contribution in [3.8, 4) is 0 Å². The van der Waals surface area contributed by atoms with Gasteiger partial charge in [0.05, 0.1) is 0 Å². The van der Waals surface area contributed by atoms with E-state index in [1.165, 1.54) is 0 Å². The topological polar surface area (TPSA) is 78.5 Å². The first-order chi connectivity index (χ1) is 15.4. The third-order valence-corrected chi connectivity index (χ3v) is 6.01. The number of benzene rings is 3. The molecule has 0 radical (unpaired) electrons. The second kappa shape index (κ2) is 8.96. The van der Waals surface area contributed by atoms with Crippen LogP contribution in [0.1, 0.15) is 16.7 Å². The van der Waals surface area contributed by atoms with Crippen molar-refractivity contribution in [3.63, 3.8) is 0 Å². The van der Waals surface area contributed by atoms with E-state index in [2.05, 4.69) is 26.6 Å². The van der Waals surface area contributed by atoms with Gasteiger partial charge >= 0.3 is 6.03 Å². The molecule has 3 aromatic carbocycles. The number of carbonyl (C=O) groups excluding carboxylic acids is 3. The van der Waals surface area contributed by atoms with Crippen LogP contribution in [0.25, 0.3) is 0 Å². The van der Waals surface area contributed by atoms with Gasteiger partial charge in [0.1, 0.15) is 6.54 Å². The highest BCUT2D eigenvalue weighted by Gasteiger charge is 2.52. The van der Waals surface area contributed by atoms with Crippen LogP contribution < -0.4 is 10.6 Å². The summed E-state index contributed by atoms with van der Waals surface area (Å²) in [5.74, 6) is -0.886. The van der Waals surface area contributed by atoms with E-state index >= 15 is 0 Å². The summed E-state index contributed by atoms with van der Waals surface area (Å²) in [6.45, 7) is 1.50. The van der Waals surface area contributed by atoms with E-state index < -0.39 is 23.4 Å². The standard InChI is InChI=1S/C25H22BrN3O3/c1-17-14-20(26)12-13-21(17)27-22(30)16-29-23(31)25(28-24(29)32,19-10-6-3-7-11-19)15-18-8-4-2-5-9-18/h2-14H,15-16H2,1H3,(H,27,30)(H,28,32). The Bertz CT molecular complexity index is 1170. The van der Waals surface area contributed by atoms with Crippen LogP contribution in [0.15, 0.2) is 83.3 Å². The van der Waals surface area contributed by atoms with Crippen molar-refractivity contribution in [1.82, 2.24) is 10.2 Å². The van der Waals surface area contributed by atoms with Gasteiger partial charge in [-0.05, 0) is 41.8 Å². The molecule has 1 unspecified atom stereocenters. The molecule has 6 nitrogen and oxygen atoms in total. The average Bonchev–Trinajstić information content (AvgIpc) is 3.02. The maximum atomic E-state index is 13.6. The Labute approximate surface area is 194 Å². The van der Waals surface area contributed by atoms with Crippen molar-refractivity contribution in [2.75, 3.05) is 11.9 Å². The van der Waals surface area contributed by atoms with Crippen molar-refractivity contribution >= 4 is 39.5 Å². The van der Waals surface area contributed by atoms with Crippen LogP contribution in [-0.4, -0.2) is 29.3 Å². The minimum atomic E-state index is -1.27. The van der Waals surface area contributed by atoms with Crippen molar-refractivity contribution < 1.29 is 14.4 Å². The molecule has 0 bridgehead atoms. The third kappa shape index (κ3) is 4.29. The zero-order valence-corrected chi connectivity index (χ0v) is 19.1. The fourth-order valence-electron chi connectivity index (χ4n) is 3.91. The van der Waals surface area contributed by atoms with Gasteiger partial charge in [-0.1, -0.05) is 76.6 Å². The second-order valence-electron chi connectivity index (χ2n) is 7.76. The number of hydrogen-bond acceptors (Lipinski definition) is 3. The molecule has 1 heterocycles. The van der Waals surface area contributed by atoms with E-state index in [-0.39, 0.29) is 13.0 Å². The molecule has 3 aromatic rings. The molecule has 1 aliphatic rings. The maximum Gasteiger partial charge on any atom is 0.325 e. The molecule has 1 saturated heterocycles. The third-order valence-electron chi connectivity index (χ3n) is 5.52. The smallest absolute Gasteiger partial charge is 0.324 e. The lowest BCUT2D eigenvalue weighted by Gasteiger charge is -2.27. The number of rotatable bonds is 6. The Morgan fingerprint density at radius 3 is 2.31 bits per heavy atom. The summed E-state index contributed by atoms with van der Waals surface area (Å²) in [4.78, 5) is 40.2. The molecule has 0 saturated carbocycles. The van der Waals surface area contributed by atoms with Crippen LogP contribution in [0.4, 0.5) is 10.5 Å². The largest absolute Gasteiger partial charge is 0.325 e. The van der Waals surface area contributed by atoms with E-state index in [0.29, 0.717) is 11.3 Å². The van der Waals surface area contributed by atoms with Crippen molar-refractivity contribution in [3.05, 3.63) is 100 Å². The summed E-state index contributed by atoms with van der Waals surface area (Å²) >= 11 is 3.39. The van der Waals surface area contributed by atoms with E-state index in [9.17, 15) is 14.4 Å². The fourth-order valence-corrected chi connectivity index (χ4v) is 4.39. The van der Waals surface area contributed by atoms with Gasteiger partial charge < -0.3 is 10.6 Å². The van der Waals surface area contributed by atoms with Crippen molar-refractivity contribution in [1.29, 1.82) is 0 Å². The fraction of sp³-hybridized carbons (Fsp3) is 0.160. The number of nitrogens with one attached hydrogen (secondary N) is 2. The highest BCUT2D eigenvalue weighted by Crippen LogP contribution is 2.33. The van der Waals surface area contributed by atoms with Crippen LogP contribution in [0.2, 0.25) is 0 Å². The molecular weight excluding hydrogens is 470 g/mol. The molecule has 32 heavy (non-hydrogen) atoms.